The number of hydrogen-bond donors (Lipinski definition) is 3. The van der Waals surface area contributed by atoms with E-state index in [-0.39, 0.29) is 12.5 Å². The van der Waals surface area contributed by atoms with Gasteiger partial charge in [-0.2, -0.15) is 0 Å². The molecule has 10 heteroatoms. The van der Waals surface area contributed by atoms with Crippen LogP contribution in [0.5, 0.6) is 5.75 Å². The molecule has 1 atom stereocenters. The first-order valence-electron chi connectivity index (χ1n) is 11.8. The van der Waals surface area contributed by atoms with Crippen LogP contribution in [0.3, 0.4) is 0 Å². The first kappa shape index (κ1) is 24.2. The van der Waals surface area contributed by atoms with Crippen molar-refractivity contribution >= 4 is 17.5 Å². The minimum absolute atomic E-state index is 0.0204. The zero-order valence-corrected chi connectivity index (χ0v) is 19.7. The zero-order chi connectivity index (χ0) is 23.8. The van der Waals surface area contributed by atoms with Crippen molar-refractivity contribution in [2.45, 2.75) is 25.0 Å². The summed E-state index contributed by atoms with van der Waals surface area (Å²) in [7, 11) is 1.83. The van der Waals surface area contributed by atoms with Crippen LogP contribution in [-0.4, -0.2) is 91.1 Å². The molecular formula is C24H34N6O4. The van der Waals surface area contributed by atoms with Crippen LogP contribution in [0.4, 0.5) is 11.6 Å². The lowest BCUT2D eigenvalue weighted by atomic mass is 9.92. The molecule has 184 valence electrons. The molecule has 3 N–H and O–H groups in total. The van der Waals surface area contributed by atoms with Crippen LogP contribution in [-0.2, 0) is 16.1 Å². The minimum Gasteiger partial charge on any atom is -0.484 e. The number of rotatable bonds is 9. The van der Waals surface area contributed by atoms with Crippen molar-refractivity contribution in [2.24, 2.45) is 0 Å². The maximum atomic E-state index is 12.2. The van der Waals surface area contributed by atoms with Crippen molar-refractivity contribution < 1.29 is 19.4 Å². The molecule has 3 heterocycles. The second-order valence-electron chi connectivity index (χ2n) is 8.79. The maximum absolute atomic E-state index is 12.2. The van der Waals surface area contributed by atoms with Crippen molar-refractivity contribution in [1.29, 1.82) is 0 Å². The van der Waals surface area contributed by atoms with Crippen molar-refractivity contribution in [3.63, 3.8) is 0 Å². The van der Waals surface area contributed by atoms with Crippen molar-refractivity contribution in [2.75, 3.05) is 69.8 Å². The van der Waals surface area contributed by atoms with Crippen LogP contribution in [0.15, 0.2) is 36.7 Å². The molecule has 4 rings (SSSR count). The van der Waals surface area contributed by atoms with Gasteiger partial charge < -0.3 is 35.0 Å². The summed E-state index contributed by atoms with van der Waals surface area (Å²) in [5.74, 6) is 2.22. The van der Waals surface area contributed by atoms with Gasteiger partial charge in [0.2, 0.25) is 0 Å². The fourth-order valence-electron chi connectivity index (χ4n) is 4.30. The average molecular weight is 471 g/mol. The molecule has 1 amide bonds. The number of hydrogen-bond acceptors (Lipinski definition) is 9. The Hall–Kier alpha value is -2.95. The van der Waals surface area contributed by atoms with Crippen LogP contribution in [0.1, 0.15) is 18.4 Å². The molecule has 0 bridgehead atoms. The van der Waals surface area contributed by atoms with Gasteiger partial charge in [-0.3, -0.25) is 4.79 Å². The van der Waals surface area contributed by atoms with Crippen molar-refractivity contribution in [1.82, 2.24) is 20.2 Å². The standard InChI is InChI=1S/C24H34N6O4/c1-25-21-13-22(28-18-27-21)30-8-2-7-24(32,17-30)16-26-14-19-3-5-20(6-4-19)34-15-23(31)29-9-11-33-12-10-29/h3-6,13,18,26,32H,2,7-12,14-17H2,1H3,(H,25,27,28)/t24-/m0/s1. The van der Waals surface area contributed by atoms with E-state index in [1.165, 1.54) is 0 Å². The molecule has 1 aromatic heterocycles. The summed E-state index contributed by atoms with van der Waals surface area (Å²) in [4.78, 5) is 24.6. The zero-order valence-electron chi connectivity index (χ0n) is 19.7. The summed E-state index contributed by atoms with van der Waals surface area (Å²) in [6, 6.07) is 9.58. The molecule has 0 saturated carbocycles. The lowest BCUT2D eigenvalue weighted by molar-refractivity contribution is -0.137. The van der Waals surface area contributed by atoms with E-state index in [1.54, 1.807) is 11.2 Å². The van der Waals surface area contributed by atoms with E-state index in [1.807, 2.05) is 37.4 Å². The number of benzene rings is 1. The summed E-state index contributed by atoms with van der Waals surface area (Å²) in [6.07, 6.45) is 3.18. The summed E-state index contributed by atoms with van der Waals surface area (Å²) in [5, 5.41) is 17.6. The summed E-state index contributed by atoms with van der Waals surface area (Å²) < 4.78 is 10.9. The number of piperidine rings is 1. The Morgan fingerprint density at radius 3 is 2.76 bits per heavy atom. The van der Waals surface area contributed by atoms with Gasteiger partial charge in [0.25, 0.3) is 5.91 Å². The quantitative estimate of drug-likeness (QED) is 0.492. The normalized spacial score (nSPS) is 20.8. The maximum Gasteiger partial charge on any atom is 0.260 e. The molecule has 10 nitrogen and oxygen atoms in total. The van der Waals surface area contributed by atoms with Crippen LogP contribution in [0, 0.1) is 0 Å². The highest BCUT2D eigenvalue weighted by atomic mass is 16.5. The van der Waals surface area contributed by atoms with Gasteiger partial charge in [-0.05, 0) is 30.5 Å². The first-order chi connectivity index (χ1) is 16.5. The van der Waals surface area contributed by atoms with Gasteiger partial charge in [0.1, 0.15) is 23.7 Å². The van der Waals surface area contributed by atoms with Gasteiger partial charge in [-0.1, -0.05) is 12.1 Å². The topological polar surface area (TPSA) is 112 Å². The number of aromatic nitrogens is 2. The Bertz CT molecular complexity index is 937. The van der Waals surface area contributed by atoms with E-state index in [0.717, 1.165) is 36.6 Å². The highest BCUT2D eigenvalue weighted by molar-refractivity contribution is 5.77. The number of β-amino-alcohol motifs (C(OH)–C–C–N with tert-alkyl or cyclic N) is 1. The van der Waals surface area contributed by atoms with E-state index >= 15 is 0 Å². The summed E-state index contributed by atoms with van der Waals surface area (Å²) >= 11 is 0. The molecule has 2 saturated heterocycles. The van der Waals surface area contributed by atoms with Gasteiger partial charge in [0.05, 0.1) is 18.8 Å². The summed E-state index contributed by atoms with van der Waals surface area (Å²) in [6.45, 7) is 4.93. The highest BCUT2D eigenvalue weighted by Gasteiger charge is 2.33. The molecule has 0 spiro atoms. The molecule has 34 heavy (non-hydrogen) atoms. The molecule has 2 fully saturated rings. The van der Waals surface area contributed by atoms with E-state index in [9.17, 15) is 9.90 Å². The number of morpholine rings is 1. The minimum atomic E-state index is -0.827. The Morgan fingerprint density at radius 1 is 1.21 bits per heavy atom. The molecule has 2 aromatic rings. The van der Waals surface area contributed by atoms with E-state index in [4.69, 9.17) is 9.47 Å². The average Bonchev–Trinajstić information content (AvgIpc) is 2.88. The lowest BCUT2D eigenvalue weighted by Gasteiger charge is -2.40. The van der Waals surface area contributed by atoms with Gasteiger partial charge in [0, 0.05) is 52.4 Å². The van der Waals surface area contributed by atoms with Crippen molar-refractivity contribution in [3.8, 4) is 5.75 Å². The Kier molecular flexibility index (Phi) is 8.15. The fraction of sp³-hybridized carbons (Fsp3) is 0.542. The lowest BCUT2D eigenvalue weighted by Crippen LogP contribution is -2.53. The Morgan fingerprint density at radius 2 is 2.00 bits per heavy atom. The second-order valence-corrected chi connectivity index (χ2v) is 8.79. The van der Waals surface area contributed by atoms with Gasteiger partial charge in [-0.15, -0.1) is 0 Å². The molecule has 0 aliphatic carbocycles. The number of nitrogens with zero attached hydrogens (tertiary/aromatic N) is 4. The SMILES string of the molecule is CNc1cc(N2CCC[C@](O)(CNCc3ccc(OCC(=O)N4CCOCC4)cc3)C2)ncn1. The van der Waals surface area contributed by atoms with E-state index in [2.05, 4.69) is 25.5 Å². The van der Waals surface area contributed by atoms with Gasteiger partial charge >= 0.3 is 0 Å². The Balaban J connectivity index is 1.22. The second kappa shape index (κ2) is 11.5. The van der Waals surface area contributed by atoms with Gasteiger partial charge in [0.15, 0.2) is 6.61 Å². The molecule has 1 aromatic carbocycles. The number of aliphatic hydroxyl groups is 1. The monoisotopic (exact) mass is 470 g/mol. The van der Waals surface area contributed by atoms with E-state index in [0.29, 0.717) is 51.7 Å². The fourth-order valence-corrected chi connectivity index (χ4v) is 4.30. The van der Waals surface area contributed by atoms with Crippen molar-refractivity contribution in [3.05, 3.63) is 42.2 Å². The molecule has 2 aliphatic heterocycles. The van der Waals surface area contributed by atoms with E-state index < -0.39 is 5.60 Å². The third-order valence-electron chi connectivity index (χ3n) is 6.22. The third kappa shape index (κ3) is 6.55. The summed E-state index contributed by atoms with van der Waals surface area (Å²) in [5.41, 5.74) is 0.254. The Labute approximate surface area is 200 Å². The smallest absolute Gasteiger partial charge is 0.260 e. The number of carbonyl (C=O) groups is 1. The molecule has 2 aliphatic rings. The third-order valence-corrected chi connectivity index (χ3v) is 6.22. The number of nitrogens with one attached hydrogen (secondary N) is 2. The number of carbonyl (C=O) groups excluding carboxylic acids is 1. The van der Waals surface area contributed by atoms with Gasteiger partial charge in [-0.25, -0.2) is 9.97 Å². The number of anilines is 2. The predicted molar refractivity (Wildman–Crippen MR) is 129 cm³/mol. The molecule has 0 unspecified atom stereocenters. The molecule has 0 radical (unpaired) electrons. The number of amides is 1. The van der Waals surface area contributed by atoms with Crippen LogP contribution in [0.25, 0.3) is 0 Å². The van der Waals surface area contributed by atoms with Crippen LogP contribution < -0.4 is 20.3 Å². The highest BCUT2D eigenvalue weighted by Crippen LogP contribution is 2.25. The van der Waals surface area contributed by atoms with Crippen LogP contribution in [0.2, 0.25) is 0 Å². The largest absolute Gasteiger partial charge is 0.484 e. The first-order valence-corrected chi connectivity index (χ1v) is 11.8. The van der Waals surface area contributed by atoms with Crippen LogP contribution >= 0.6 is 0 Å². The number of ether oxygens (including phenoxy) is 2. The molecular weight excluding hydrogens is 436 g/mol. The predicted octanol–water partition coefficient (Wildman–Crippen LogP) is 0.877.